The highest BCUT2D eigenvalue weighted by atomic mass is 35.5. The van der Waals surface area contributed by atoms with Crippen LogP contribution in [0.25, 0.3) is 0 Å². The first-order valence-electron chi connectivity index (χ1n) is 4.95. The minimum atomic E-state index is 0.234. The number of aryl methyl sites for hydroxylation is 1. The molecular formula is C11H13ClOS. The molecule has 1 nitrogen and oxygen atoms in total. The Hall–Kier alpha value is -0.340. The Kier molecular flexibility index (Phi) is 2.93. The van der Waals surface area contributed by atoms with Gasteiger partial charge in [-0.05, 0) is 23.8 Å². The highest BCUT2D eigenvalue weighted by Crippen LogP contribution is 2.34. The highest BCUT2D eigenvalue weighted by molar-refractivity contribution is 7.13. The minimum Gasteiger partial charge on any atom is -0.293 e. The number of hydrogen-bond donors (Lipinski definition) is 0. The molecule has 0 radical (unpaired) electrons. The van der Waals surface area contributed by atoms with E-state index in [-0.39, 0.29) is 5.78 Å². The van der Waals surface area contributed by atoms with E-state index < -0.39 is 0 Å². The molecule has 1 saturated carbocycles. The summed E-state index contributed by atoms with van der Waals surface area (Å²) in [7, 11) is 0. The van der Waals surface area contributed by atoms with E-state index in [1.165, 1.54) is 30.6 Å². The summed E-state index contributed by atoms with van der Waals surface area (Å²) in [5.74, 6) is 0.860. The molecule has 1 aromatic rings. The number of ketones is 1. The fraction of sp³-hybridized carbons (Fsp3) is 0.545. The van der Waals surface area contributed by atoms with Crippen LogP contribution in [0.15, 0.2) is 5.38 Å². The maximum absolute atomic E-state index is 11.8. The van der Waals surface area contributed by atoms with Crippen LogP contribution in [0.1, 0.15) is 40.9 Å². The molecule has 1 aliphatic rings. The third kappa shape index (κ3) is 1.86. The van der Waals surface area contributed by atoms with Crippen molar-refractivity contribution >= 4 is 28.7 Å². The quantitative estimate of drug-likeness (QED) is 0.713. The van der Waals surface area contributed by atoms with Crippen LogP contribution in [0.5, 0.6) is 0 Å². The van der Waals surface area contributed by atoms with Gasteiger partial charge in [0, 0.05) is 6.42 Å². The van der Waals surface area contributed by atoms with E-state index in [0.29, 0.717) is 17.4 Å². The van der Waals surface area contributed by atoms with E-state index >= 15 is 0 Å². The molecule has 0 aromatic carbocycles. The van der Waals surface area contributed by atoms with Crippen LogP contribution in [0.2, 0.25) is 5.02 Å². The molecule has 1 aliphatic carbocycles. The summed E-state index contributed by atoms with van der Waals surface area (Å²) < 4.78 is 0. The third-order valence-corrected chi connectivity index (χ3v) is 4.59. The van der Waals surface area contributed by atoms with Gasteiger partial charge in [0.15, 0.2) is 5.78 Å². The average molecular weight is 229 g/mol. The average Bonchev–Trinajstić information content (AvgIpc) is 2.41. The second-order valence-electron chi connectivity index (χ2n) is 3.99. The van der Waals surface area contributed by atoms with Crippen molar-refractivity contribution in [2.45, 2.75) is 32.6 Å². The van der Waals surface area contributed by atoms with Gasteiger partial charge in [0.1, 0.15) is 0 Å². The van der Waals surface area contributed by atoms with Gasteiger partial charge < -0.3 is 0 Å². The van der Waals surface area contributed by atoms with Crippen LogP contribution in [0, 0.1) is 12.8 Å². The molecule has 1 heterocycles. The van der Waals surface area contributed by atoms with Gasteiger partial charge in [0.2, 0.25) is 0 Å². The largest absolute Gasteiger partial charge is 0.293 e. The van der Waals surface area contributed by atoms with Gasteiger partial charge in [-0.25, -0.2) is 0 Å². The first-order valence-corrected chi connectivity index (χ1v) is 6.21. The van der Waals surface area contributed by atoms with Crippen molar-refractivity contribution in [3.8, 4) is 0 Å². The molecule has 0 amide bonds. The molecule has 0 aliphatic heterocycles. The lowest BCUT2D eigenvalue weighted by molar-refractivity contribution is 0.0940. The second kappa shape index (κ2) is 4.03. The Balaban J connectivity index is 2.06. The predicted octanol–water partition coefficient (Wildman–Crippen LogP) is 4.08. The summed E-state index contributed by atoms with van der Waals surface area (Å²) >= 11 is 7.52. The number of Topliss-reactive ketones (excluding diaryl/α,β-unsaturated/α-hetero) is 1. The van der Waals surface area contributed by atoms with E-state index in [1.807, 2.05) is 12.3 Å². The molecule has 2 rings (SSSR count). The van der Waals surface area contributed by atoms with Crippen LogP contribution in [-0.4, -0.2) is 5.78 Å². The highest BCUT2D eigenvalue weighted by Gasteiger charge is 2.23. The van der Waals surface area contributed by atoms with Gasteiger partial charge in [0.05, 0.1) is 9.90 Å². The molecule has 3 heteroatoms. The summed E-state index contributed by atoms with van der Waals surface area (Å²) in [6.07, 6.45) is 4.41. The van der Waals surface area contributed by atoms with Crippen molar-refractivity contribution in [2.75, 3.05) is 0 Å². The number of thiophene rings is 1. The lowest BCUT2D eigenvalue weighted by Gasteiger charge is -2.24. The molecule has 1 fully saturated rings. The monoisotopic (exact) mass is 228 g/mol. The predicted molar refractivity (Wildman–Crippen MR) is 60.4 cm³/mol. The van der Waals surface area contributed by atoms with Crippen LogP contribution in [0.4, 0.5) is 0 Å². The molecule has 0 bridgehead atoms. The molecule has 0 spiro atoms. The fourth-order valence-corrected chi connectivity index (χ4v) is 2.92. The maximum Gasteiger partial charge on any atom is 0.174 e. The Morgan fingerprint density at radius 1 is 1.64 bits per heavy atom. The Labute approximate surface area is 93.1 Å². The summed E-state index contributed by atoms with van der Waals surface area (Å²) in [4.78, 5) is 12.6. The molecule has 0 atom stereocenters. The summed E-state index contributed by atoms with van der Waals surface area (Å²) in [6.45, 7) is 1.94. The molecule has 0 saturated heterocycles. The third-order valence-electron chi connectivity index (χ3n) is 2.85. The van der Waals surface area contributed by atoms with Crippen LogP contribution in [0.3, 0.4) is 0 Å². The molecule has 14 heavy (non-hydrogen) atoms. The van der Waals surface area contributed by atoms with E-state index in [9.17, 15) is 4.79 Å². The normalized spacial score (nSPS) is 16.7. The smallest absolute Gasteiger partial charge is 0.174 e. The number of rotatable bonds is 3. The Bertz CT molecular complexity index is 352. The molecule has 0 unspecified atom stereocenters. The summed E-state index contributed by atoms with van der Waals surface area (Å²) in [6, 6.07) is 0. The number of carbonyl (C=O) groups excluding carboxylic acids is 1. The Morgan fingerprint density at radius 3 is 2.79 bits per heavy atom. The van der Waals surface area contributed by atoms with Crippen LogP contribution < -0.4 is 0 Å². The van der Waals surface area contributed by atoms with Crippen molar-refractivity contribution in [2.24, 2.45) is 5.92 Å². The fourth-order valence-electron chi connectivity index (χ4n) is 1.67. The topological polar surface area (TPSA) is 17.1 Å². The Morgan fingerprint density at radius 2 is 2.36 bits per heavy atom. The van der Waals surface area contributed by atoms with Crippen molar-refractivity contribution in [1.29, 1.82) is 0 Å². The van der Waals surface area contributed by atoms with Crippen molar-refractivity contribution in [1.82, 2.24) is 0 Å². The zero-order chi connectivity index (χ0) is 10.1. The number of hydrogen-bond acceptors (Lipinski definition) is 2. The standard InChI is InChI=1S/C11H13ClOS/c1-7-6-14-11(10(7)12)9(13)5-8-3-2-4-8/h6,8H,2-5H2,1H3. The first kappa shape index (κ1) is 10.2. The lowest BCUT2D eigenvalue weighted by atomic mass is 9.81. The van der Waals surface area contributed by atoms with Gasteiger partial charge >= 0.3 is 0 Å². The number of carbonyl (C=O) groups is 1. The number of halogens is 1. The van der Waals surface area contributed by atoms with Crippen molar-refractivity contribution in [3.05, 3.63) is 20.8 Å². The van der Waals surface area contributed by atoms with Crippen LogP contribution in [-0.2, 0) is 0 Å². The van der Waals surface area contributed by atoms with E-state index in [1.54, 1.807) is 0 Å². The molecule has 76 valence electrons. The SMILES string of the molecule is Cc1csc(C(=O)CC2CCC2)c1Cl. The summed E-state index contributed by atoms with van der Waals surface area (Å²) in [5.41, 5.74) is 1.02. The molecule has 1 aromatic heterocycles. The van der Waals surface area contributed by atoms with Crippen molar-refractivity contribution in [3.63, 3.8) is 0 Å². The second-order valence-corrected chi connectivity index (χ2v) is 5.24. The zero-order valence-electron chi connectivity index (χ0n) is 8.18. The van der Waals surface area contributed by atoms with Crippen molar-refractivity contribution < 1.29 is 4.79 Å². The van der Waals surface area contributed by atoms with E-state index in [0.717, 1.165) is 10.4 Å². The zero-order valence-corrected chi connectivity index (χ0v) is 9.75. The lowest BCUT2D eigenvalue weighted by Crippen LogP contribution is -2.15. The van der Waals surface area contributed by atoms with E-state index in [4.69, 9.17) is 11.6 Å². The van der Waals surface area contributed by atoms with E-state index in [2.05, 4.69) is 0 Å². The molecule has 0 N–H and O–H groups in total. The van der Waals surface area contributed by atoms with Gasteiger partial charge in [0.25, 0.3) is 0 Å². The van der Waals surface area contributed by atoms with Gasteiger partial charge in [-0.3, -0.25) is 4.79 Å². The van der Waals surface area contributed by atoms with Crippen LogP contribution >= 0.6 is 22.9 Å². The minimum absolute atomic E-state index is 0.234. The maximum atomic E-state index is 11.8. The summed E-state index contributed by atoms with van der Waals surface area (Å²) in [5, 5.41) is 2.62. The van der Waals surface area contributed by atoms with Gasteiger partial charge in [-0.15, -0.1) is 11.3 Å². The molecular weight excluding hydrogens is 216 g/mol. The van der Waals surface area contributed by atoms with Gasteiger partial charge in [-0.1, -0.05) is 30.9 Å². The van der Waals surface area contributed by atoms with Gasteiger partial charge in [-0.2, -0.15) is 0 Å². The first-order chi connectivity index (χ1) is 6.68.